The van der Waals surface area contributed by atoms with Gasteiger partial charge in [0.25, 0.3) is 5.91 Å². The van der Waals surface area contributed by atoms with Crippen molar-refractivity contribution in [3.05, 3.63) is 53.9 Å². The molecule has 1 unspecified atom stereocenters. The number of aryl methyl sites for hydroxylation is 1. The minimum absolute atomic E-state index is 0.0124. The number of carbonyl (C=O) groups excluding carboxylic acids is 1. The molecule has 1 amide bonds. The first-order chi connectivity index (χ1) is 13.0. The van der Waals surface area contributed by atoms with Crippen molar-refractivity contribution >= 4 is 21.6 Å². The molecule has 8 heteroatoms. The second-order valence-corrected chi connectivity index (χ2v) is 8.69. The van der Waals surface area contributed by atoms with E-state index in [1.807, 2.05) is 17.9 Å². The largest absolute Gasteiger partial charge is 0.368 e. The molecular formula is C19H22N4O3S. The Kier molecular flexibility index (Phi) is 4.61. The minimum atomic E-state index is -3.52. The zero-order chi connectivity index (χ0) is 19.0. The lowest BCUT2D eigenvalue weighted by atomic mass is 9.93. The molecule has 7 nitrogen and oxygen atoms in total. The van der Waals surface area contributed by atoms with Crippen LogP contribution in [-0.2, 0) is 10.0 Å². The fraction of sp³-hybridized carbons (Fsp3) is 0.368. The van der Waals surface area contributed by atoms with E-state index in [1.54, 1.807) is 36.5 Å². The van der Waals surface area contributed by atoms with Crippen molar-refractivity contribution in [2.45, 2.75) is 30.8 Å². The highest BCUT2D eigenvalue weighted by Gasteiger charge is 2.36. The highest BCUT2D eigenvalue weighted by molar-refractivity contribution is 7.89. The van der Waals surface area contributed by atoms with Crippen LogP contribution in [0.2, 0.25) is 0 Å². The van der Waals surface area contributed by atoms with E-state index in [2.05, 4.69) is 15.0 Å². The van der Waals surface area contributed by atoms with Crippen LogP contribution in [-0.4, -0.2) is 43.5 Å². The summed E-state index contributed by atoms with van der Waals surface area (Å²) in [7, 11) is -3.52. The van der Waals surface area contributed by atoms with Crippen molar-refractivity contribution < 1.29 is 13.2 Å². The molecule has 0 bridgehead atoms. The number of anilines is 1. The van der Waals surface area contributed by atoms with Gasteiger partial charge in [0.05, 0.1) is 17.4 Å². The first-order valence-corrected chi connectivity index (χ1v) is 10.5. The highest BCUT2D eigenvalue weighted by atomic mass is 32.2. The van der Waals surface area contributed by atoms with Crippen molar-refractivity contribution in [3.63, 3.8) is 0 Å². The number of nitrogens with zero attached hydrogens (tertiary/aromatic N) is 2. The van der Waals surface area contributed by atoms with E-state index in [1.165, 1.54) is 0 Å². The monoisotopic (exact) mass is 386 g/mol. The van der Waals surface area contributed by atoms with Gasteiger partial charge in [-0.2, -0.15) is 4.72 Å². The van der Waals surface area contributed by atoms with Crippen LogP contribution >= 0.6 is 0 Å². The first kappa shape index (κ1) is 17.9. The topological polar surface area (TPSA) is 91.4 Å². The lowest BCUT2D eigenvalue weighted by Crippen LogP contribution is -2.52. The fourth-order valence-electron chi connectivity index (χ4n) is 3.78. The number of sulfonamides is 1. The van der Waals surface area contributed by atoms with Crippen LogP contribution in [0.15, 0.2) is 47.5 Å². The normalized spacial score (nSPS) is 22.0. The molecule has 27 heavy (non-hydrogen) atoms. The molecule has 1 fully saturated rings. The van der Waals surface area contributed by atoms with Gasteiger partial charge in [-0.05, 0) is 49.9 Å². The molecule has 0 spiro atoms. The van der Waals surface area contributed by atoms with Gasteiger partial charge in [-0.3, -0.25) is 9.78 Å². The lowest BCUT2D eigenvalue weighted by Gasteiger charge is -2.39. The Morgan fingerprint density at radius 1 is 1.15 bits per heavy atom. The standard InChI is InChI=1S/C19H22N4O3S/c1-13-15(5-4-10-20-13)19(24)23-11-8-14(9-12-23)18-21-16-6-2-3-7-17(16)27(25,26)22-18/h2-7,10,14,18,21-22H,8-9,11-12H2,1H3. The van der Waals surface area contributed by atoms with Gasteiger partial charge in [0.2, 0.25) is 10.0 Å². The number of rotatable bonds is 2. The highest BCUT2D eigenvalue weighted by Crippen LogP contribution is 2.31. The van der Waals surface area contributed by atoms with Gasteiger partial charge in [0.15, 0.2) is 0 Å². The van der Waals surface area contributed by atoms with Crippen molar-refractivity contribution in [1.29, 1.82) is 0 Å². The summed E-state index contributed by atoms with van der Waals surface area (Å²) in [6, 6.07) is 10.5. The number of amides is 1. The van der Waals surface area contributed by atoms with Gasteiger partial charge in [-0.1, -0.05) is 12.1 Å². The SMILES string of the molecule is Cc1ncccc1C(=O)N1CCC(C2Nc3ccccc3S(=O)(=O)N2)CC1. The molecule has 0 saturated carbocycles. The van der Waals surface area contributed by atoms with Crippen molar-refractivity contribution in [2.24, 2.45) is 5.92 Å². The number of pyridine rings is 1. The third-order valence-electron chi connectivity index (χ3n) is 5.31. The molecule has 2 aliphatic heterocycles. The molecule has 1 aromatic heterocycles. The molecule has 3 heterocycles. The van der Waals surface area contributed by atoms with Gasteiger partial charge >= 0.3 is 0 Å². The molecule has 2 N–H and O–H groups in total. The van der Waals surface area contributed by atoms with Crippen molar-refractivity contribution in [1.82, 2.24) is 14.6 Å². The predicted molar refractivity (Wildman–Crippen MR) is 102 cm³/mol. The Morgan fingerprint density at radius 2 is 1.89 bits per heavy atom. The third kappa shape index (κ3) is 3.42. The molecule has 0 radical (unpaired) electrons. The summed E-state index contributed by atoms with van der Waals surface area (Å²) in [5.41, 5.74) is 1.98. The number of hydrogen-bond donors (Lipinski definition) is 2. The second kappa shape index (κ2) is 6.94. The maximum Gasteiger partial charge on any atom is 0.255 e. The Hall–Kier alpha value is -2.45. The van der Waals surface area contributed by atoms with E-state index >= 15 is 0 Å². The van der Waals surface area contributed by atoms with E-state index in [0.29, 0.717) is 24.3 Å². The quantitative estimate of drug-likeness (QED) is 0.823. The molecular weight excluding hydrogens is 364 g/mol. The summed E-state index contributed by atoms with van der Waals surface area (Å²) < 4.78 is 27.7. The van der Waals surface area contributed by atoms with Crippen molar-refractivity contribution in [2.75, 3.05) is 18.4 Å². The number of likely N-dealkylation sites (tertiary alicyclic amines) is 1. The second-order valence-electron chi connectivity index (χ2n) is 7.01. The van der Waals surface area contributed by atoms with E-state index in [9.17, 15) is 13.2 Å². The Labute approximate surface area is 158 Å². The summed E-state index contributed by atoms with van der Waals surface area (Å²) in [5, 5.41) is 3.30. The lowest BCUT2D eigenvalue weighted by molar-refractivity contribution is 0.0678. The van der Waals surface area contributed by atoms with Crippen LogP contribution in [0.4, 0.5) is 5.69 Å². The number of benzene rings is 1. The summed E-state index contributed by atoms with van der Waals surface area (Å²) in [5.74, 6) is 0.105. The maximum absolute atomic E-state index is 12.7. The maximum atomic E-state index is 12.7. The summed E-state index contributed by atoms with van der Waals surface area (Å²) in [4.78, 5) is 19.0. The number of piperidine rings is 1. The molecule has 2 aliphatic rings. The Bertz CT molecular complexity index is 968. The van der Waals surface area contributed by atoms with E-state index in [0.717, 1.165) is 18.5 Å². The average molecular weight is 386 g/mol. The molecule has 142 valence electrons. The van der Waals surface area contributed by atoms with Gasteiger partial charge in [0, 0.05) is 25.0 Å². The number of fused-ring (bicyclic) bond motifs is 1. The van der Waals surface area contributed by atoms with Crippen LogP contribution in [0, 0.1) is 12.8 Å². The number of aromatic nitrogens is 1. The van der Waals surface area contributed by atoms with Gasteiger partial charge in [-0.15, -0.1) is 0 Å². The Balaban J connectivity index is 1.45. The van der Waals surface area contributed by atoms with Crippen molar-refractivity contribution in [3.8, 4) is 0 Å². The van der Waals surface area contributed by atoms with E-state index < -0.39 is 10.0 Å². The number of para-hydroxylation sites is 1. The third-order valence-corrected chi connectivity index (χ3v) is 6.80. The smallest absolute Gasteiger partial charge is 0.255 e. The van der Waals surface area contributed by atoms with Crippen LogP contribution in [0.1, 0.15) is 28.9 Å². The summed E-state index contributed by atoms with van der Waals surface area (Å²) in [6.07, 6.45) is 2.78. The predicted octanol–water partition coefficient (Wildman–Crippen LogP) is 1.97. The molecule has 1 atom stereocenters. The Morgan fingerprint density at radius 3 is 2.63 bits per heavy atom. The zero-order valence-corrected chi connectivity index (χ0v) is 15.9. The summed E-state index contributed by atoms with van der Waals surface area (Å²) >= 11 is 0. The fourth-order valence-corrected chi connectivity index (χ4v) is 5.17. The molecule has 1 saturated heterocycles. The van der Waals surface area contributed by atoms with Gasteiger partial charge in [-0.25, -0.2) is 8.42 Å². The minimum Gasteiger partial charge on any atom is -0.368 e. The van der Waals surface area contributed by atoms with E-state index in [4.69, 9.17) is 0 Å². The van der Waals surface area contributed by atoms with Crippen LogP contribution in [0.25, 0.3) is 0 Å². The molecule has 1 aromatic carbocycles. The number of carbonyl (C=O) groups is 1. The van der Waals surface area contributed by atoms with Gasteiger partial charge < -0.3 is 10.2 Å². The summed E-state index contributed by atoms with van der Waals surface area (Å²) in [6.45, 7) is 3.02. The van der Waals surface area contributed by atoms with Gasteiger partial charge in [0.1, 0.15) is 4.90 Å². The first-order valence-electron chi connectivity index (χ1n) is 9.04. The van der Waals surface area contributed by atoms with Crippen LogP contribution in [0.3, 0.4) is 0 Å². The van der Waals surface area contributed by atoms with Crippen LogP contribution < -0.4 is 10.0 Å². The van der Waals surface area contributed by atoms with E-state index in [-0.39, 0.29) is 22.9 Å². The number of hydrogen-bond acceptors (Lipinski definition) is 5. The molecule has 4 rings (SSSR count). The number of nitrogens with one attached hydrogen (secondary N) is 2. The zero-order valence-electron chi connectivity index (χ0n) is 15.1. The average Bonchev–Trinajstić information content (AvgIpc) is 2.67. The van der Waals surface area contributed by atoms with Crippen LogP contribution in [0.5, 0.6) is 0 Å². The molecule has 0 aliphatic carbocycles. The molecule has 2 aromatic rings.